The Labute approximate surface area is 124 Å². The van der Waals surface area contributed by atoms with Crippen molar-refractivity contribution in [1.29, 1.82) is 0 Å². The van der Waals surface area contributed by atoms with Crippen LogP contribution in [0.1, 0.15) is 22.8 Å². The van der Waals surface area contributed by atoms with Crippen molar-refractivity contribution in [3.8, 4) is 11.1 Å². The maximum absolute atomic E-state index is 11.7. The van der Waals surface area contributed by atoms with Gasteiger partial charge in [-0.3, -0.25) is 0 Å². The average Bonchev–Trinajstić information content (AvgIpc) is 2.49. The summed E-state index contributed by atoms with van der Waals surface area (Å²) in [6.45, 7) is 3.79. The molecule has 0 bridgehead atoms. The molecule has 0 aliphatic carbocycles. The van der Waals surface area contributed by atoms with Gasteiger partial charge in [0.1, 0.15) is 0 Å². The van der Waals surface area contributed by atoms with Crippen LogP contribution >= 0.6 is 0 Å². The number of hydrogen-bond acceptors (Lipinski definition) is 4. The molecule has 0 heterocycles. The Morgan fingerprint density at radius 1 is 1.14 bits per heavy atom. The summed E-state index contributed by atoms with van der Waals surface area (Å²) in [6.07, 6.45) is -1.35. The first-order valence-corrected chi connectivity index (χ1v) is 6.67. The van der Waals surface area contributed by atoms with Crippen LogP contribution in [0.25, 0.3) is 11.1 Å². The van der Waals surface area contributed by atoms with Gasteiger partial charge in [0.05, 0.1) is 7.11 Å². The normalized spacial score (nSPS) is 12.0. The zero-order chi connectivity index (χ0) is 15.6. The van der Waals surface area contributed by atoms with Crippen molar-refractivity contribution in [3.63, 3.8) is 0 Å². The van der Waals surface area contributed by atoms with Gasteiger partial charge in [0.15, 0.2) is 6.10 Å². The van der Waals surface area contributed by atoms with Crippen LogP contribution in [0, 0.1) is 13.8 Å². The van der Waals surface area contributed by atoms with Crippen LogP contribution in [0.2, 0.25) is 0 Å². The predicted molar refractivity (Wildman–Crippen MR) is 82.7 cm³/mol. The van der Waals surface area contributed by atoms with Gasteiger partial charge in [-0.1, -0.05) is 35.9 Å². The number of hydrogen-bond donors (Lipinski definition) is 2. The maximum Gasteiger partial charge on any atom is 0.339 e. The number of methoxy groups -OCH3 is 1. The molecular formula is C17H19NO3. The Hall–Kier alpha value is -2.33. The summed E-state index contributed by atoms with van der Waals surface area (Å²) < 4.78 is 4.64. The average molecular weight is 285 g/mol. The molecule has 110 valence electrons. The number of anilines is 1. The largest absolute Gasteiger partial charge is 0.467 e. The fraction of sp³-hybridized carbons (Fsp3) is 0.235. The Kier molecular flexibility index (Phi) is 4.29. The molecule has 0 aliphatic rings. The summed E-state index contributed by atoms with van der Waals surface area (Å²) in [5.74, 6) is -0.697. The van der Waals surface area contributed by atoms with Gasteiger partial charge in [0.2, 0.25) is 0 Å². The molecule has 0 radical (unpaired) electrons. The number of nitrogens with two attached hydrogens (primary N) is 1. The van der Waals surface area contributed by atoms with E-state index in [1.165, 1.54) is 7.11 Å². The Morgan fingerprint density at radius 3 is 2.33 bits per heavy atom. The highest BCUT2D eigenvalue weighted by atomic mass is 16.5. The van der Waals surface area contributed by atoms with Gasteiger partial charge in [-0.15, -0.1) is 0 Å². The maximum atomic E-state index is 11.7. The standard InChI is InChI=1S/C17H19NO3/c1-10-4-6-12(7-5-10)13-8-9-14(18)11(2)15(13)16(19)17(20)21-3/h4-9,16,19H,18H2,1-3H3/t16-/m0/s1. The first-order chi connectivity index (χ1) is 9.95. The molecule has 0 spiro atoms. The number of rotatable bonds is 3. The minimum Gasteiger partial charge on any atom is -0.467 e. The lowest BCUT2D eigenvalue weighted by Gasteiger charge is -2.18. The van der Waals surface area contributed by atoms with Crippen LogP contribution in [0.4, 0.5) is 5.69 Å². The molecule has 3 N–H and O–H groups in total. The molecule has 1 atom stereocenters. The number of aryl methyl sites for hydroxylation is 1. The minimum atomic E-state index is -1.35. The van der Waals surface area contributed by atoms with Gasteiger partial charge < -0.3 is 15.6 Å². The molecule has 0 aliphatic heterocycles. The first-order valence-electron chi connectivity index (χ1n) is 6.67. The van der Waals surface area contributed by atoms with Crippen molar-refractivity contribution < 1.29 is 14.6 Å². The van der Waals surface area contributed by atoms with E-state index in [9.17, 15) is 9.90 Å². The van der Waals surface area contributed by atoms with E-state index in [4.69, 9.17) is 5.73 Å². The van der Waals surface area contributed by atoms with E-state index in [1.807, 2.05) is 37.3 Å². The number of aliphatic hydroxyl groups is 1. The number of esters is 1. The Bertz CT molecular complexity index is 662. The fourth-order valence-corrected chi connectivity index (χ4v) is 2.31. The van der Waals surface area contributed by atoms with Crippen molar-refractivity contribution >= 4 is 11.7 Å². The quantitative estimate of drug-likeness (QED) is 0.672. The molecular weight excluding hydrogens is 266 g/mol. The summed E-state index contributed by atoms with van der Waals surface area (Å²) in [4.78, 5) is 11.7. The minimum absolute atomic E-state index is 0.491. The van der Waals surface area contributed by atoms with Crippen molar-refractivity contribution in [2.45, 2.75) is 20.0 Å². The molecule has 4 nitrogen and oxygen atoms in total. The molecule has 4 heteroatoms. The van der Waals surface area contributed by atoms with E-state index in [0.29, 0.717) is 16.8 Å². The van der Waals surface area contributed by atoms with E-state index in [1.54, 1.807) is 13.0 Å². The summed E-state index contributed by atoms with van der Waals surface area (Å²) in [7, 11) is 1.25. The van der Waals surface area contributed by atoms with E-state index in [0.717, 1.165) is 16.7 Å². The van der Waals surface area contributed by atoms with Gasteiger partial charge in [-0.05, 0) is 36.6 Å². The highest BCUT2D eigenvalue weighted by Crippen LogP contribution is 2.34. The molecule has 2 aromatic carbocycles. The van der Waals surface area contributed by atoms with Crippen molar-refractivity contribution in [3.05, 3.63) is 53.1 Å². The number of carbonyl (C=O) groups excluding carboxylic acids is 1. The number of aliphatic hydroxyl groups excluding tert-OH is 1. The summed E-state index contributed by atoms with van der Waals surface area (Å²) in [5.41, 5.74) is 10.5. The lowest BCUT2D eigenvalue weighted by molar-refractivity contribution is -0.150. The van der Waals surface area contributed by atoms with Gasteiger partial charge in [0, 0.05) is 11.3 Å². The van der Waals surface area contributed by atoms with Gasteiger partial charge in [-0.2, -0.15) is 0 Å². The second kappa shape index (κ2) is 5.97. The SMILES string of the molecule is COC(=O)[C@@H](O)c1c(-c2ccc(C)cc2)ccc(N)c1C. The Morgan fingerprint density at radius 2 is 1.76 bits per heavy atom. The van der Waals surface area contributed by atoms with E-state index >= 15 is 0 Å². The summed E-state index contributed by atoms with van der Waals surface area (Å²) in [6, 6.07) is 11.5. The van der Waals surface area contributed by atoms with Gasteiger partial charge >= 0.3 is 5.97 Å². The van der Waals surface area contributed by atoms with Crippen LogP contribution in [-0.2, 0) is 9.53 Å². The second-order valence-corrected chi connectivity index (χ2v) is 5.03. The highest BCUT2D eigenvalue weighted by molar-refractivity contribution is 5.83. The van der Waals surface area contributed by atoms with Crippen LogP contribution in [0.3, 0.4) is 0 Å². The lowest BCUT2D eigenvalue weighted by Crippen LogP contribution is -2.16. The number of ether oxygens (including phenoxy) is 1. The first kappa shape index (κ1) is 15.1. The molecule has 2 rings (SSSR count). The monoisotopic (exact) mass is 285 g/mol. The number of carbonyl (C=O) groups is 1. The molecule has 0 saturated heterocycles. The number of nitrogen functional groups attached to an aromatic ring is 1. The van der Waals surface area contributed by atoms with Crippen LogP contribution in [0.15, 0.2) is 36.4 Å². The molecule has 0 saturated carbocycles. The second-order valence-electron chi connectivity index (χ2n) is 5.03. The summed E-state index contributed by atoms with van der Waals surface area (Å²) >= 11 is 0. The lowest BCUT2D eigenvalue weighted by atomic mass is 9.91. The summed E-state index contributed by atoms with van der Waals surface area (Å²) in [5, 5.41) is 10.3. The molecule has 0 unspecified atom stereocenters. The van der Waals surface area contributed by atoms with E-state index in [2.05, 4.69) is 4.74 Å². The van der Waals surface area contributed by atoms with E-state index in [-0.39, 0.29) is 0 Å². The molecule has 0 aromatic heterocycles. The third kappa shape index (κ3) is 2.90. The van der Waals surface area contributed by atoms with Crippen molar-refractivity contribution in [2.24, 2.45) is 0 Å². The van der Waals surface area contributed by atoms with Crippen molar-refractivity contribution in [2.75, 3.05) is 12.8 Å². The molecule has 2 aromatic rings. The fourth-order valence-electron chi connectivity index (χ4n) is 2.31. The van der Waals surface area contributed by atoms with Gasteiger partial charge in [0.25, 0.3) is 0 Å². The highest BCUT2D eigenvalue weighted by Gasteiger charge is 2.24. The van der Waals surface area contributed by atoms with Crippen LogP contribution in [-0.4, -0.2) is 18.2 Å². The Balaban J connectivity index is 2.63. The zero-order valence-corrected chi connectivity index (χ0v) is 12.4. The third-order valence-electron chi connectivity index (χ3n) is 3.62. The molecule has 0 amide bonds. The zero-order valence-electron chi connectivity index (χ0n) is 12.4. The van der Waals surface area contributed by atoms with E-state index < -0.39 is 12.1 Å². The molecule has 0 fully saturated rings. The number of benzene rings is 2. The van der Waals surface area contributed by atoms with Gasteiger partial charge in [-0.25, -0.2) is 4.79 Å². The van der Waals surface area contributed by atoms with Crippen molar-refractivity contribution in [1.82, 2.24) is 0 Å². The third-order valence-corrected chi connectivity index (χ3v) is 3.62. The molecule has 21 heavy (non-hydrogen) atoms. The smallest absolute Gasteiger partial charge is 0.339 e. The van der Waals surface area contributed by atoms with Crippen LogP contribution < -0.4 is 5.73 Å². The van der Waals surface area contributed by atoms with Crippen LogP contribution in [0.5, 0.6) is 0 Å². The topological polar surface area (TPSA) is 72.5 Å². The predicted octanol–water partition coefficient (Wildman–Crippen LogP) is 2.76.